The molecule has 2 aromatic carbocycles. The summed E-state index contributed by atoms with van der Waals surface area (Å²) in [6.07, 6.45) is 2.96. The average Bonchev–Trinajstić information content (AvgIpc) is 2.65. The highest BCUT2D eigenvalue weighted by Gasteiger charge is 2.18. The molecule has 0 aliphatic carbocycles. The zero-order chi connectivity index (χ0) is 17.5. The van der Waals surface area contributed by atoms with Crippen molar-refractivity contribution in [3.63, 3.8) is 0 Å². The van der Waals surface area contributed by atoms with Gasteiger partial charge >= 0.3 is 0 Å². The van der Waals surface area contributed by atoms with E-state index in [9.17, 15) is 4.79 Å². The fraction of sp³-hybridized carbons (Fsp3) is 0.381. The molecule has 0 saturated heterocycles. The first-order valence-corrected chi connectivity index (χ1v) is 8.98. The van der Waals surface area contributed by atoms with Crippen LogP contribution < -0.4 is 10.1 Å². The third-order valence-corrected chi connectivity index (χ3v) is 4.58. The summed E-state index contributed by atoms with van der Waals surface area (Å²) in [5, 5.41) is 3.61. The van der Waals surface area contributed by atoms with Crippen LogP contribution in [-0.2, 0) is 6.42 Å². The molecule has 4 heteroatoms. The maximum atomic E-state index is 12.7. The smallest absolute Gasteiger partial charge is 0.257 e. The van der Waals surface area contributed by atoms with Crippen molar-refractivity contribution in [2.24, 2.45) is 0 Å². The predicted molar refractivity (Wildman–Crippen MR) is 100 cm³/mol. The Balaban J connectivity index is 1.77. The Kier molecular flexibility index (Phi) is 6.07. The highest BCUT2D eigenvalue weighted by molar-refractivity contribution is 5.96. The molecule has 0 fully saturated rings. The van der Waals surface area contributed by atoms with Crippen LogP contribution in [0, 0.1) is 0 Å². The number of carbonyl (C=O) groups excluding carboxylic acids is 1. The van der Waals surface area contributed by atoms with E-state index in [2.05, 4.69) is 29.6 Å². The van der Waals surface area contributed by atoms with Crippen molar-refractivity contribution in [2.75, 3.05) is 26.7 Å². The summed E-state index contributed by atoms with van der Waals surface area (Å²) in [6, 6.07) is 18.2. The van der Waals surface area contributed by atoms with Gasteiger partial charge in [0.15, 0.2) is 0 Å². The van der Waals surface area contributed by atoms with Crippen LogP contribution in [0.15, 0.2) is 54.6 Å². The van der Waals surface area contributed by atoms with Gasteiger partial charge in [-0.1, -0.05) is 42.5 Å². The molecule has 0 unspecified atom stereocenters. The minimum atomic E-state index is 0.0312. The number of nitrogens with zero attached hydrogens (tertiary/aromatic N) is 1. The Bertz CT molecular complexity index is 687. The van der Waals surface area contributed by atoms with Crippen molar-refractivity contribution in [2.45, 2.75) is 25.3 Å². The van der Waals surface area contributed by atoms with Crippen molar-refractivity contribution < 1.29 is 9.53 Å². The first kappa shape index (κ1) is 17.5. The number of hydrogen-bond donors (Lipinski definition) is 1. The van der Waals surface area contributed by atoms with Gasteiger partial charge in [0.1, 0.15) is 12.4 Å². The number of para-hydroxylation sites is 1. The van der Waals surface area contributed by atoms with Crippen molar-refractivity contribution in [1.29, 1.82) is 0 Å². The predicted octanol–water partition coefficient (Wildman–Crippen LogP) is 3.13. The Morgan fingerprint density at radius 3 is 2.68 bits per heavy atom. The largest absolute Gasteiger partial charge is 0.491 e. The summed E-state index contributed by atoms with van der Waals surface area (Å²) < 4.78 is 6.05. The molecule has 1 atom stereocenters. The molecule has 1 aliphatic rings. The van der Waals surface area contributed by atoms with E-state index in [0.717, 1.165) is 32.4 Å². The summed E-state index contributed by atoms with van der Waals surface area (Å²) in [5.74, 6) is 0.698. The summed E-state index contributed by atoms with van der Waals surface area (Å²) in [7, 11) is 1.86. The Morgan fingerprint density at radius 1 is 1.08 bits per heavy atom. The SMILES string of the molecule is CN1CCCCN[C@H](Cc2ccccc2)COc2ccccc2C1=O. The van der Waals surface area contributed by atoms with Crippen LogP contribution in [-0.4, -0.2) is 43.6 Å². The number of rotatable bonds is 2. The van der Waals surface area contributed by atoms with E-state index < -0.39 is 0 Å². The van der Waals surface area contributed by atoms with Gasteiger partial charge in [-0.3, -0.25) is 4.79 Å². The molecule has 4 nitrogen and oxygen atoms in total. The van der Waals surface area contributed by atoms with Crippen molar-refractivity contribution in [1.82, 2.24) is 10.2 Å². The molecule has 2 aromatic rings. The van der Waals surface area contributed by atoms with Crippen LogP contribution in [0.3, 0.4) is 0 Å². The second-order valence-electron chi connectivity index (χ2n) is 6.58. The minimum absolute atomic E-state index is 0.0312. The topological polar surface area (TPSA) is 41.6 Å². The van der Waals surface area contributed by atoms with Gasteiger partial charge in [-0.15, -0.1) is 0 Å². The molecule has 0 spiro atoms. The second kappa shape index (κ2) is 8.67. The van der Waals surface area contributed by atoms with E-state index in [0.29, 0.717) is 17.9 Å². The highest BCUT2D eigenvalue weighted by Crippen LogP contribution is 2.20. The molecule has 0 bridgehead atoms. The zero-order valence-electron chi connectivity index (χ0n) is 14.8. The monoisotopic (exact) mass is 338 g/mol. The molecule has 25 heavy (non-hydrogen) atoms. The number of amides is 1. The number of nitrogens with one attached hydrogen (secondary N) is 1. The molecule has 3 rings (SSSR count). The van der Waals surface area contributed by atoms with Crippen molar-refractivity contribution >= 4 is 5.91 Å². The van der Waals surface area contributed by atoms with Crippen LogP contribution in [0.25, 0.3) is 0 Å². The van der Waals surface area contributed by atoms with E-state index in [1.165, 1.54) is 5.56 Å². The molecule has 1 heterocycles. The molecule has 1 aliphatic heterocycles. The molecule has 1 N–H and O–H groups in total. The first-order chi connectivity index (χ1) is 12.2. The lowest BCUT2D eigenvalue weighted by atomic mass is 10.1. The van der Waals surface area contributed by atoms with Crippen LogP contribution >= 0.6 is 0 Å². The van der Waals surface area contributed by atoms with E-state index >= 15 is 0 Å². The molecule has 0 radical (unpaired) electrons. The lowest BCUT2D eigenvalue weighted by Gasteiger charge is -2.24. The highest BCUT2D eigenvalue weighted by atomic mass is 16.5. The normalized spacial score (nSPS) is 19.3. The molecule has 0 saturated carbocycles. The van der Waals surface area contributed by atoms with E-state index in [-0.39, 0.29) is 11.9 Å². The van der Waals surface area contributed by atoms with Crippen molar-refractivity contribution in [3.05, 3.63) is 65.7 Å². The molecule has 0 aromatic heterocycles. The third kappa shape index (κ3) is 4.83. The van der Waals surface area contributed by atoms with Gasteiger partial charge in [0.2, 0.25) is 0 Å². The maximum Gasteiger partial charge on any atom is 0.257 e. The van der Waals surface area contributed by atoms with E-state index in [1.807, 2.05) is 37.4 Å². The molecular weight excluding hydrogens is 312 g/mol. The quantitative estimate of drug-likeness (QED) is 0.915. The fourth-order valence-corrected chi connectivity index (χ4v) is 3.14. The Hall–Kier alpha value is -2.33. The van der Waals surface area contributed by atoms with Gasteiger partial charge in [0, 0.05) is 19.6 Å². The maximum absolute atomic E-state index is 12.7. The third-order valence-electron chi connectivity index (χ3n) is 4.58. The molecule has 1 amide bonds. The fourth-order valence-electron chi connectivity index (χ4n) is 3.14. The number of hydrogen-bond acceptors (Lipinski definition) is 3. The van der Waals surface area contributed by atoms with Gasteiger partial charge in [-0.25, -0.2) is 0 Å². The Morgan fingerprint density at radius 2 is 1.84 bits per heavy atom. The Labute approximate surface area is 149 Å². The standard InChI is InChI=1S/C21H26N2O2/c1-23-14-8-7-13-22-18(15-17-9-3-2-4-10-17)16-25-20-12-6-5-11-19(20)21(23)24/h2-6,9-12,18,22H,7-8,13-16H2,1H3/t18-/m1/s1. The molecular formula is C21H26N2O2. The summed E-state index contributed by atoms with van der Waals surface area (Å²) in [4.78, 5) is 14.4. The van der Waals surface area contributed by atoms with E-state index in [4.69, 9.17) is 4.74 Å². The summed E-state index contributed by atoms with van der Waals surface area (Å²) >= 11 is 0. The second-order valence-corrected chi connectivity index (χ2v) is 6.58. The van der Waals surface area contributed by atoms with Crippen molar-refractivity contribution in [3.8, 4) is 5.75 Å². The lowest BCUT2D eigenvalue weighted by Crippen LogP contribution is -2.38. The van der Waals surface area contributed by atoms with Gasteiger partial charge < -0.3 is 15.0 Å². The average molecular weight is 338 g/mol. The lowest BCUT2D eigenvalue weighted by molar-refractivity contribution is 0.0786. The number of ether oxygens (including phenoxy) is 1. The van der Waals surface area contributed by atoms with Crippen LogP contribution in [0.5, 0.6) is 5.75 Å². The van der Waals surface area contributed by atoms with Crippen LogP contribution in [0.1, 0.15) is 28.8 Å². The first-order valence-electron chi connectivity index (χ1n) is 8.98. The van der Waals surface area contributed by atoms with Gasteiger partial charge in [0.25, 0.3) is 5.91 Å². The number of fused-ring (bicyclic) bond motifs is 1. The molecule has 132 valence electrons. The zero-order valence-corrected chi connectivity index (χ0v) is 14.8. The van der Waals surface area contributed by atoms with Gasteiger partial charge in [0.05, 0.1) is 5.56 Å². The van der Waals surface area contributed by atoms with Crippen LogP contribution in [0.4, 0.5) is 0 Å². The van der Waals surface area contributed by atoms with E-state index in [1.54, 1.807) is 4.90 Å². The number of carbonyl (C=O) groups is 1. The summed E-state index contributed by atoms with van der Waals surface area (Å²) in [6.45, 7) is 2.24. The van der Waals surface area contributed by atoms with Crippen LogP contribution in [0.2, 0.25) is 0 Å². The minimum Gasteiger partial charge on any atom is -0.491 e. The van der Waals surface area contributed by atoms with Gasteiger partial charge in [-0.2, -0.15) is 0 Å². The number of benzene rings is 2. The summed E-state index contributed by atoms with van der Waals surface area (Å²) in [5.41, 5.74) is 1.93. The van der Waals surface area contributed by atoms with Gasteiger partial charge in [-0.05, 0) is 43.5 Å².